The summed E-state index contributed by atoms with van der Waals surface area (Å²) in [7, 11) is 0. The number of hydrogen-bond acceptors (Lipinski definition) is 4. The minimum atomic E-state index is -0.442. The molecule has 0 bridgehead atoms. The van der Waals surface area contributed by atoms with Crippen molar-refractivity contribution in [1.82, 2.24) is 0 Å². The van der Waals surface area contributed by atoms with Crippen molar-refractivity contribution in [3.05, 3.63) is 100 Å². The average molecular weight is 418 g/mol. The van der Waals surface area contributed by atoms with E-state index in [1.54, 1.807) is 12.1 Å². The van der Waals surface area contributed by atoms with Crippen molar-refractivity contribution < 1.29 is 14.0 Å². The Morgan fingerprint density at radius 1 is 0.767 bits per heavy atom. The highest BCUT2D eigenvalue weighted by Crippen LogP contribution is 2.38. The molecule has 2 amide bonds. The summed E-state index contributed by atoms with van der Waals surface area (Å²) in [5.41, 5.74) is 3.35. The molecule has 4 nitrogen and oxygen atoms in total. The number of hydrogen-bond donors (Lipinski definition) is 1. The summed E-state index contributed by atoms with van der Waals surface area (Å²) < 4.78 is 13.3. The molecule has 0 spiro atoms. The van der Waals surface area contributed by atoms with Gasteiger partial charge in [-0.05, 0) is 62.4 Å². The number of thioether (sulfide) groups is 1. The third-order valence-electron chi connectivity index (χ3n) is 4.69. The molecule has 3 aromatic rings. The molecule has 0 fully saturated rings. The van der Waals surface area contributed by atoms with Crippen LogP contribution < -0.4 is 10.2 Å². The van der Waals surface area contributed by atoms with E-state index < -0.39 is 5.91 Å². The molecule has 0 saturated heterocycles. The Morgan fingerprint density at radius 2 is 1.33 bits per heavy atom. The molecular formula is C24H19FN2O2S. The van der Waals surface area contributed by atoms with Crippen molar-refractivity contribution in [2.45, 2.75) is 18.7 Å². The molecular weight excluding hydrogens is 399 g/mol. The number of anilines is 2. The second-order valence-corrected chi connectivity index (χ2v) is 8.12. The molecule has 4 rings (SSSR count). The fourth-order valence-corrected chi connectivity index (χ4v) is 3.97. The molecule has 1 heterocycles. The van der Waals surface area contributed by atoms with Gasteiger partial charge in [-0.2, -0.15) is 0 Å². The van der Waals surface area contributed by atoms with E-state index in [0.717, 1.165) is 16.0 Å². The minimum Gasteiger partial charge on any atom is -0.350 e. The van der Waals surface area contributed by atoms with Gasteiger partial charge in [0.2, 0.25) is 0 Å². The van der Waals surface area contributed by atoms with Crippen LogP contribution in [-0.4, -0.2) is 11.8 Å². The van der Waals surface area contributed by atoms with Crippen LogP contribution in [0.3, 0.4) is 0 Å². The summed E-state index contributed by atoms with van der Waals surface area (Å²) in [5, 5.41) is 3.02. The summed E-state index contributed by atoms with van der Waals surface area (Å²) in [6, 6.07) is 20.6. The molecule has 0 aromatic heterocycles. The van der Waals surface area contributed by atoms with E-state index in [1.165, 1.54) is 40.9 Å². The Kier molecular flexibility index (Phi) is 5.42. The molecule has 0 radical (unpaired) electrons. The van der Waals surface area contributed by atoms with Gasteiger partial charge in [-0.1, -0.05) is 47.2 Å². The molecule has 0 aliphatic carbocycles. The van der Waals surface area contributed by atoms with Crippen LogP contribution in [0.4, 0.5) is 15.8 Å². The van der Waals surface area contributed by atoms with E-state index >= 15 is 0 Å². The lowest BCUT2D eigenvalue weighted by atomic mass is 10.2. The number of imide groups is 1. The van der Waals surface area contributed by atoms with Crippen LogP contribution in [0.2, 0.25) is 0 Å². The number of amides is 2. The van der Waals surface area contributed by atoms with Gasteiger partial charge in [-0.3, -0.25) is 9.59 Å². The standard InChI is InChI=1S/C24H19FN2O2S/c1-15-3-11-19(12-4-15)27-23(28)21(26-18-9-7-17(25)8-10-18)22(24(27)29)30-20-13-5-16(2)6-14-20/h3-14,26H,1-2H3. The molecule has 150 valence electrons. The van der Waals surface area contributed by atoms with Crippen molar-refractivity contribution in [2.24, 2.45) is 0 Å². The molecule has 0 saturated carbocycles. The molecule has 1 aliphatic heterocycles. The van der Waals surface area contributed by atoms with Crippen molar-refractivity contribution in [3.63, 3.8) is 0 Å². The maximum Gasteiger partial charge on any atom is 0.283 e. The fourth-order valence-electron chi connectivity index (χ4n) is 3.04. The second-order valence-electron chi connectivity index (χ2n) is 7.03. The van der Waals surface area contributed by atoms with Gasteiger partial charge in [-0.25, -0.2) is 9.29 Å². The van der Waals surface area contributed by atoms with Gasteiger partial charge in [0.25, 0.3) is 11.8 Å². The van der Waals surface area contributed by atoms with E-state index in [4.69, 9.17) is 0 Å². The molecule has 1 N–H and O–H groups in total. The third kappa shape index (κ3) is 4.00. The first-order chi connectivity index (χ1) is 14.4. The Bertz CT molecular complexity index is 1070. The second kappa shape index (κ2) is 8.16. The number of carbonyl (C=O) groups is 2. The maximum atomic E-state index is 13.3. The van der Waals surface area contributed by atoms with E-state index in [-0.39, 0.29) is 17.4 Å². The highest BCUT2D eigenvalue weighted by atomic mass is 32.2. The molecule has 30 heavy (non-hydrogen) atoms. The molecule has 3 aromatic carbocycles. The van der Waals surface area contributed by atoms with Gasteiger partial charge in [0.05, 0.1) is 5.69 Å². The smallest absolute Gasteiger partial charge is 0.283 e. The largest absolute Gasteiger partial charge is 0.350 e. The molecule has 1 aliphatic rings. The molecule has 0 atom stereocenters. The first-order valence-electron chi connectivity index (χ1n) is 9.39. The lowest BCUT2D eigenvalue weighted by Crippen LogP contribution is -2.32. The van der Waals surface area contributed by atoms with Crippen molar-refractivity contribution in [2.75, 3.05) is 10.2 Å². The number of halogens is 1. The van der Waals surface area contributed by atoms with E-state index in [2.05, 4.69) is 5.32 Å². The van der Waals surface area contributed by atoms with E-state index in [1.807, 2.05) is 50.2 Å². The van der Waals surface area contributed by atoms with Gasteiger partial charge >= 0.3 is 0 Å². The van der Waals surface area contributed by atoms with Crippen LogP contribution in [0.15, 0.2) is 88.3 Å². The Balaban J connectivity index is 1.73. The van der Waals surface area contributed by atoms with Gasteiger partial charge in [0, 0.05) is 10.6 Å². The lowest BCUT2D eigenvalue weighted by molar-refractivity contribution is -0.120. The van der Waals surface area contributed by atoms with Crippen LogP contribution in [-0.2, 0) is 9.59 Å². The molecule has 6 heteroatoms. The number of aryl methyl sites for hydroxylation is 2. The minimum absolute atomic E-state index is 0.178. The third-order valence-corrected chi connectivity index (χ3v) is 5.78. The first-order valence-corrected chi connectivity index (χ1v) is 10.2. The van der Waals surface area contributed by atoms with Crippen LogP contribution in [0.5, 0.6) is 0 Å². The fraction of sp³-hybridized carbons (Fsp3) is 0.0833. The number of benzene rings is 3. The topological polar surface area (TPSA) is 49.4 Å². The van der Waals surface area contributed by atoms with Gasteiger partial charge in [-0.15, -0.1) is 0 Å². The summed E-state index contributed by atoms with van der Waals surface area (Å²) in [4.78, 5) is 28.8. The zero-order valence-electron chi connectivity index (χ0n) is 16.5. The highest BCUT2D eigenvalue weighted by Gasteiger charge is 2.40. The van der Waals surface area contributed by atoms with E-state index in [9.17, 15) is 14.0 Å². The van der Waals surface area contributed by atoms with Crippen molar-refractivity contribution >= 4 is 35.0 Å². The summed E-state index contributed by atoms with van der Waals surface area (Å²) in [6.45, 7) is 3.93. The average Bonchev–Trinajstić information content (AvgIpc) is 2.96. The number of nitrogens with one attached hydrogen (secondary N) is 1. The lowest BCUT2D eigenvalue weighted by Gasteiger charge is -2.15. The highest BCUT2D eigenvalue weighted by molar-refractivity contribution is 8.04. The van der Waals surface area contributed by atoms with Crippen molar-refractivity contribution in [3.8, 4) is 0 Å². The SMILES string of the molecule is Cc1ccc(SC2=C(Nc3ccc(F)cc3)C(=O)N(c3ccc(C)cc3)C2=O)cc1. The number of carbonyl (C=O) groups excluding carboxylic acids is 2. The van der Waals surface area contributed by atoms with Gasteiger partial charge in [0.15, 0.2) is 0 Å². The van der Waals surface area contributed by atoms with Crippen LogP contribution >= 0.6 is 11.8 Å². The summed E-state index contributed by atoms with van der Waals surface area (Å²) in [5.74, 6) is -1.21. The van der Waals surface area contributed by atoms with Crippen LogP contribution in [0.1, 0.15) is 11.1 Å². The van der Waals surface area contributed by atoms with Crippen LogP contribution in [0.25, 0.3) is 0 Å². The zero-order chi connectivity index (χ0) is 21.3. The van der Waals surface area contributed by atoms with Gasteiger partial charge < -0.3 is 5.32 Å². The monoisotopic (exact) mass is 418 g/mol. The summed E-state index contributed by atoms with van der Waals surface area (Å²) >= 11 is 1.23. The predicted molar refractivity (Wildman–Crippen MR) is 118 cm³/mol. The number of rotatable bonds is 5. The Morgan fingerprint density at radius 3 is 1.93 bits per heavy atom. The molecule has 0 unspecified atom stereocenters. The van der Waals surface area contributed by atoms with Crippen LogP contribution in [0, 0.1) is 19.7 Å². The Hall–Kier alpha value is -3.38. The normalized spacial score (nSPS) is 13.9. The Labute approximate surface area is 178 Å². The zero-order valence-corrected chi connectivity index (χ0v) is 17.3. The summed E-state index contributed by atoms with van der Waals surface area (Å²) in [6.07, 6.45) is 0. The number of nitrogens with zero attached hydrogens (tertiary/aromatic N) is 1. The van der Waals surface area contributed by atoms with Gasteiger partial charge in [0.1, 0.15) is 16.4 Å². The predicted octanol–water partition coefficient (Wildman–Crippen LogP) is 5.43. The van der Waals surface area contributed by atoms with Crippen molar-refractivity contribution in [1.29, 1.82) is 0 Å². The first kappa shape index (κ1) is 19.9. The quantitative estimate of drug-likeness (QED) is 0.561. The van der Waals surface area contributed by atoms with E-state index in [0.29, 0.717) is 16.3 Å². The maximum absolute atomic E-state index is 13.3.